The maximum absolute atomic E-state index is 9.90. The van der Waals surface area contributed by atoms with E-state index >= 15 is 0 Å². The maximum atomic E-state index is 9.90. The number of rotatable bonds is 0. The smallest absolute Gasteiger partial charge is 0.179 e. The molecule has 0 saturated heterocycles. The van der Waals surface area contributed by atoms with Crippen LogP contribution in [0.2, 0.25) is 20.1 Å². The van der Waals surface area contributed by atoms with Gasteiger partial charge in [-0.25, -0.2) is 0 Å². The van der Waals surface area contributed by atoms with Crippen LogP contribution in [0.1, 0.15) is 0 Å². The third-order valence-electron chi connectivity index (χ3n) is 2.67. The summed E-state index contributed by atoms with van der Waals surface area (Å²) in [5.74, 6) is -0.192. The number of benzene rings is 2. The number of furan rings is 1. The molecule has 1 aromatic heterocycles. The second-order valence-corrected chi connectivity index (χ2v) is 5.36. The fourth-order valence-corrected chi connectivity index (χ4v) is 2.49. The number of phenolic OH excluding ortho intramolecular Hbond substituents is 1. The van der Waals surface area contributed by atoms with E-state index in [1.165, 1.54) is 0 Å². The molecule has 1 heterocycles. The van der Waals surface area contributed by atoms with Crippen LogP contribution in [0.5, 0.6) is 5.75 Å². The Morgan fingerprint density at radius 3 is 2.17 bits per heavy atom. The lowest BCUT2D eigenvalue weighted by Crippen LogP contribution is -1.74. The van der Waals surface area contributed by atoms with Crippen LogP contribution in [-0.2, 0) is 0 Å². The van der Waals surface area contributed by atoms with Crippen LogP contribution in [-0.4, -0.2) is 5.11 Å². The summed E-state index contributed by atoms with van der Waals surface area (Å²) in [5, 5.41) is 12.3. The van der Waals surface area contributed by atoms with Crippen LogP contribution in [0.25, 0.3) is 21.9 Å². The highest BCUT2D eigenvalue weighted by molar-refractivity contribution is 6.45. The molecule has 0 saturated carbocycles. The molecule has 3 rings (SSSR count). The lowest BCUT2D eigenvalue weighted by Gasteiger charge is -1.99. The van der Waals surface area contributed by atoms with Gasteiger partial charge >= 0.3 is 0 Å². The SMILES string of the molecule is Oc1c(Cl)c(Cl)cc2c1oc1cc(Cl)c(Cl)cc12. The van der Waals surface area contributed by atoms with Gasteiger partial charge in [-0.05, 0) is 12.1 Å². The highest BCUT2D eigenvalue weighted by Crippen LogP contribution is 2.43. The topological polar surface area (TPSA) is 33.4 Å². The molecule has 6 heteroatoms. The van der Waals surface area contributed by atoms with E-state index in [4.69, 9.17) is 50.8 Å². The van der Waals surface area contributed by atoms with Crippen molar-refractivity contribution < 1.29 is 9.52 Å². The summed E-state index contributed by atoms with van der Waals surface area (Å²) < 4.78 is 5.52. The highest BCUT2D eigenvalue weighted by Gasteiger charge is 2.17. The molecule has 0 unspecified atom stereocenters. The molecule has 1 N–H and O–H groups in total. The first-order valence-corrected chi connectivity index (χ1v) is 6.38. The molecule has 0 fully saturated rings. The summed E-state index contributed by atoms with van der Waals surface area (Å²) in [6.45, 7) is 0. The van der Waals surface area contributed by atoms with Crippen molar-refractivity contribution in [3.63, 3.8) is 0 Å². The molecule has 2 aromatic carbocycles. The quantitative estimate of drug-likeness (QED) is 0.558. The fraction of sp³-hybridized carbons (Fsp3) is 0. The van der Waals surface area contributed by atoms with Gasteiger partial charge in [-0.3, -0.25) is 0 Å². The van der Waals surface area contributed by atoms with Gasteiger partial charge in [-0.2, -0.15) is 0 Å². The molecule has 2 nitrogen and oxygen atoms in total. The fourth-order valence-electron chi connectivity index (χ4n) is 1.83. The Morgan fingerprint density at radius 1 is 0.833 bits per heavy atom. The molecule has 0 aliphatic rings. The number of hydrogen-bond acceptors (Lipinski definition) is 2. The number of fused-ring (bicyclic) bond motifs is 3. The third-order valence-corrected chi connectivity index (χ3v) is 4.17. The predicted octanol–water partition coefficient (Wildman–Crippen LogP) is 5.91. The van der Waals surface area contributed by atoms with E-state index in [9.17, 15) is 5.11 Å². The summed E-state index contributed by atoms with van der Waals surface area (Å²) in [6.07, 6.45) is 0. The Morgan fingerprint density at radius 2 is 1.44 bits per heavy atom. The van der Waals surface area contributed by atoms with Crippen LogP contribution < -0.4 is 0 Å². The Kier molecular flexibility index (Phi) is 2.79. The van der Waals surface area contributed by atoms with Gasteiger partial charge in [0.05, 0.1) is 15.1 Å². The second kappa shape index (κ2) is 4.10. The van der Waals surface area contributed by atoms with Crippen molar-refractivity contribution in [2.45, 2.75) is 0 Å². The van der Waals surface area contributed by atoms with Crippen molar-refractivity contribution in [1.29, 1.82) is 0 Å². The van der Waals surface area contributed by atoms with Crippen LogP contribution in [0, 0.1) is 0 Å². The van der Waals surface area contributed by atoms with E-state index in [0.717, 1.165) is 0 Å². The Labute approximate surface area is 122 Å². The van der Waals surface area contributed by atoms with E-state index in [-0.39, 0.29) is 21.4 Å². The number of phenols is 1. The minimum Gasteiger partial charge on any atom is -0.503 e. The van der Waals surface area contributed by atoms with E-state index in [1.807, 2.05) is 0 Å². The first kappa shape index (κ1) is 12.2. The van der Waals surface area contributed by atoms with Gasteiger partial charge in [-0.15, -0.1) is 0 Å². The normalized spacial score (nSPS) is 11.6. The lowest BCUT2D eigenvalue weighted by atomic mass is 10.1. The van der Waals surface area contributed by atoms with E-state index < -0.39 is 0 Å². The van der Waals surface area contributed by atoms with Gasteiger partial charge in [0.15, 0.2) is 11.3 Å². The molecule has 18 heavy (non-hydrogen) atoms. The molecule has 0 radical (unpaired) electrons. The van der Waals surface area contributed by atoms with Crippen molar-refractivity contribution >= 4 is 68.3 Å². The minimum atomic E-state index is -0.192. The zero-order valence-electron chi connectivity index (χ0n) is 8.60. The largest absolute Gasteiger partial charge is 0.503 e. The summed E-state index contributed by atoms with van der Waals surface area (Å²) in [4.78, 5) is 0. The molecule has 0 amide bonds. The molecule has 0 aliphatic heterocycles. The molecule has 92 valence electrons. The van der Waals surface area contributed by atoms with Crippen molar-refractivity contribution in [1.82, 2.24) is 0 Å². The van der Waals surface area contributed by atoms with Crippen LogP contribution >= 0.6 is 46.4 Å². The molecule has 3 aromatic rings. The standard InChI is InChI=1S/C12H4Cl4O2/c13-6-1-4-5-2-8(15)10(16)11(17)12(5)18-9(4)3-7(6)14/h1-3,17H. The first-order valence-electron chi connectivity index (χ1n) is 4.87. The van der Waals surface area contributed by atoms with Crippen molar-refractivity contribution in [2.24, 2.45) is 0 Å². The summed E-state index contributed by atoms with van der Waals surface area (Å²) in [5.41, 5.74) is 0.769. The zero-order chi connectivity index (χ0) is 13.0. The van der Waals surface area contributed by atoms with Gasteiger partial charge in [0.25, 0.3) is 0 Å². The monoisotopic (exact) mass is 320 g/mol. The minimum absolute atomic E-state index is 0.0559. The van der Waals surface area contributed by atoms with Gasteiger partial charge < -0.3 is 9.52 Å². The predicted molar refractivity (Wildman–Crippen MR) is 75.4 cm³/mol. The molecule has 0 atom stereocenters. The maximum Gasteiger partial charge on any atom is 0.179 e. The Hall–Kier alpha value is -0.800. The lowest BCUT2D eigenvalue weighted by molar-refractivity contribution is 0.469. The summed E-state index contributed by atoms with van der Waals surface area (Å²) in [7, 11) is 0. The van der Waals surface area contributed by atoms with Crippen LogP contribution in [0.4, 0.5) is 0 Å². The highest BCUT2D eigenvalue weighted by atomic mass is 35.5. The van der Waals surface area contributed by atoms with Gasteiger partial charge in [0.1, 0.15) is 10.6 Å². The average Bonchev–Trinajstić information content (AvgIpc) is 2.66. The van der Waals surface area contributed by atoms with E-state index in [1.54, 1.807) is 18.2 Å². The number of halogens is 4. The number of aromatic hydroxyl groups is 1. The Bertz CT molecular complexity index is 792. The second-order valence-electron chi connectivity index (χ2n) is 3.76. The van der Waals surface area contributed by atoms with E-state index in [2.05, 4.69) is 0 Å². The molecule has 0 spiro atoms. The summed E-state index contributed by atoms with van der Waals surface area (Å²) >= 11 is 23.7. The van der Waals surface area contributed by atoms with Crippen molar-refractivity contribution in [3.8, 4) is 5.75 Å². The van der Waals surface area contributed by atoms with Gasteiger partial charge in [0, 0.05) is 16.8 Å². The number of hydrogen-bond donors (Lipinski definition) is 1. The van der Waals surface area contributed by atoms with E-state index in [0.29, 0.717) is 26.4 Å². The van der Waals surface area contributed by atoms with Crippen LogP contribution in [0.15, 0.2) is 22.6 Å². The average molecular weight is 322 g/mol. The third kappa shape index (κ3) is 1.64. The molecular weight excluding hydrogens is 318 g/mol. The van der Waals surface area contributed by atoms with Crippen molar-refractivity contribution in [3.05, 3.63) is 38.3 Å². The zero-order valence-corrected chi connectivity index (χ0v) is 11.6. The van der Waals surface area contributed by atoms with Crippen molar-refractivity contribution in [2.75, 3.05) is 0 Å². The van der Waals surface area contributed by atoms with Crippen LogP contribution in [0.3, 0.4) is 0 Å². The molecule has 0 bridgehead atoms. The van der Waals surface area contributed by atoms with Gasteiger partial charge in [-0.1, -0.05) is 46.4 Å². The first-order chi connectivity index (χ1) is 8.49. The Balaban J connectivity index is 2.56. The molecule has 0 aliphatic carbocycles. The molecular formula is C12H4Cl4O2. The van der Waals surface area contributed by atoms with Gasteiger partial charge in [0.2, 0.25) is 0 Å². The summed E-state index contributed by atoms with van der Waals surface area (Å²) in [6, 6.07) is 4.87.